The molecule has 0 aliphatic rings. The molecule has 0 saturated heterocycles. The van der Waals surface area contributed by atoms with Gasteiger partial charge in [0.15, 0.2) is 5.58 Å². The molecule has 188 valence electrons. The van der Waals surface area contributed by atoms with Crippen molar-refractivity contribution in [3.63, 3.8) is 0 Å². The predicted molar refractivity (Wildman–Crippen MR) is 165 cm³/mol. The van der Waals surface area contributed by atoms with E-state index in [0.717, 1.165) is 39.0 Å². The van der Waals surface area contributed by atoms with Crippen LogP contribution in [0.1, 0.15) is 0 Å². The Morgan fingerprint density at radius 1 is 0.450 bits per heavy atom. The van der Waals surface area contributed by atoms with Gasteiger partial charge in [-0.1, -0.05) is 103 Å². The van der Waals surface area contributed by atoms with E-state index in [1.165, 1.54) is 27.4 Å². The Balaban J connectivity index is 1.13. The molecule has 0 aliphatic heterocycles. The molecule has 0 bridgehead atoms. The first-order valence-corrected chi connectivity index (χ1v) is 13.5. The van der Waals surface area contributed by atoms with Crippen LogP contribution in [0.3, 0.4) is 0 Å². The normalized spacial score (nSPS) is 11.5. The average Bonchev–Trinajstić information content (AvgIpc) is 3.62. The molecule has 0 atom stereocenters. The maximum absolute atomic E-state index is 6.30. The summed E-state index contributed by atoms with van der Waals surface area (Å²) in [4.78, 5) is 4.79. The second kappa shape index (κ2) is 9.11. The van der Waals surface area contributed by atoms with Crippen LogP contribution < -0.4 is 0 Å². The van der Waals surface area contributed by atoms with Crippen LogP contribution in [0.2, 0.25) is 0 Å². The molecule has 8 aromatic rings. The van der Waals surface area contributed by atoms with Gasteiger partial charge in [-0.25, -0.2) is 4.98 Å². The van der Waals surface area contributed by atoms with Gasteiger partial charge in [-0.15, -0.1) is 0 Å². The Bertz CT molecular complexity index is 2080. The summed E-state index contributed by atoms with van der Waals surface area (Å²) in [5, 5.41) is 2.54. The van der Waals surface area contributed by atoms with E-state index >= 15 is 0 Å². The van der Waals surface area contributed by atoms with Gasteiger partial charge in [-0.3, -0.25) is 0 Å². The van der Waals surface area contributed by atoms with Gasteiger partial charge in [0.05, 0.1) is 11.0 Å². The van der Waals surface area contributed by atoms with E-state index in [4.69, 9.17) is 9.40 Å². The maximum Gasteiger partial charge on any atom is 0.227 e. The van der Waals surface area contributed by atoms with E-state index in [2.05, 4.69) is 120 Å². The first-order chi connectivity index (χ1) is 19.8. The van der Waals surface area contributed by atoms with Gasteiger partial charge in [0.1, 0.15) is 5.52 Å². The molecule has 0 radical (unpaired) electrons. The average molecular weight is 513 g/mol. The van der Waals surface area contributed by atoms with E-state index in [1.807, 2.05) is 30.3 Å². The molecular weight excluding hydrogens is 488 g/mol. The molecular formula is C37H24N2O. The smallest absolute Gasteiger partial charge is 0.227 e. The number of fused-ring (bicyclic) bond motifs is 4. The Labute approximate surface area is 231 Å². The molecule has 3 heteroatoms. The summed E-state index contributed by atoms with van der Waals surface area (Å²) in [6.07, 6.45) is 0. The summed E-state index contributed by atoms with van der Waals surface area (Å²) < 4.78 is 8.64. The third-order valence-electron chi connectivity index (χ3n) is 7.67. The van der Waals surface area contributed by atoms with Crippen molar-refractivity contribution in [2.24, 2.45) is 0 Å². The maximum atomic E-state index is 6.30. The molecule has 0 N–H and O–H groups in total. The fraction of sp³-hybridized carbons (Fsp3) is 0. The van der Waals surface area contributed by atoms with Crippen LogP contribution in [0.4, 0.5) is 0 Å². The molecule has 40 heavy (non-hydrogen) atoms. The fourth-order valence-corrected chi connectivity index (χ4v) is 5.73. The minimum atomic E-state index is 0.631. The highest BCUT2D eigenvalue weighted by molar-refractivity contribution is 6.09. The van der Waals surface area contributed by atoms with Crippen molar-refractivity contribution >= 4 is 32.9 Å². The molecule has 0 aliphatic carbocycles. The zero-order chi connectivity index (χ0) is 26.5. The largest absolute Gasteiger partial charge is 0.435 e. The van der Waals surface area contributed by atoms with Crippen molar-refractivity contribution in [2.75, 3.05) is 0 Å². The van der Waals surface area contributed by atoms with Crippen molar-refractivity contribution in [3.8, 4) is 39.4 Å². The van der Waals surface area contributed by atoms with Crippen LogP contribution in [-0.2, 0) is 0 Å². The molecule has 0 unspecified atom stereocenters. The predicted octanol–water partition coefficient (Wildman–Crippen LogP) is 9.93. The van der Waals surface area contributed by atoms with Crippen molar-refractivity contribution < 1.29 is 4.42 Å². The van der Waals surface area contributed by atoms with E-state index in [1.54, 1.807) is 0 Å². The SMILES string of the molecule is c1ccc(-c2cccc3nc(-c4ccc(-c5ccc(-n6c7ccccc7c7ccccc76)cc5)cc4)oc23)cc1. The van der Waals surface area contributed by atoms with E-state index in [-0.39, 0.29) is 0 Å². The first-order valence-electron chi connectivity index (χ1n) is 13.5. The van der Waals surface area contributed by atoms with Crippen LogP contribution in [0.15, 0.2) is 150 Å². The molecule has 0 spiro atoms. The highest BCUT2D eigenvalue weighted by Crippen LogP contribution is 2.34. The highest BCUT2D eigenvalue weighted by Gasteiger charge is 2.14. The highest BCUT2D eigenvalue weighted by atomic mass is 16.3. The molecule has 2 heterocycles. The van der Waals surface area contributed by atoms with E-state index < -0.39 is 0 Å². The van der Waals surface area contributed by atoms with Crippen molar-refractivity contribution in [1.29, 1.82) is 0 Å². The number of hydrogen-bond acceptors (Lipinski definition) is 2. The Kier molecular flexibility index (Phi) is 5.14. The van der Waals surface area contributed by atoms with Crippen molar-refractivity contribution in [1.82, 2.24) is 9.55 Å². The summed E-state index contributed by atoms with van der Waals surface area (Å²) in [5.74, 6) is 0.631. The Morgan fingerprint density at radius 3 is 1.70 bits per heavy atom. The summed E-state index contributed by atoms with van der Waals surface area (Å²) in [6.45, 7) is 0. The second-order valence-corrected chi connectivity index (χ2v) is 10.0. The lowest BCUT2D eigenvalue weighted by Crippen LogP contribution is -1.93. The number of nitrogens with zero attached hydrogens (tertiary/aromatic N) is 2. The lowest BCUT2D eigenvalue weighted by Gasteiger charge is -2.09. The van der Waals surface area contributed by atoms with E-state index in [0.29, 0.717) is 5.89 Å². The lowest BCUT2D eigenvalue weighted by molar-refractivity contribution is 0.621. The fourth-order valence-electron chi connectivity index (χ4n) is 5.73. The molecule has 0 fully saturated rings. The third-order valence-corrected chi connectivity index (χ3v) is 7.67. The zero-order valence-corrected chi connectivity index (χ0v) is 21.7. The van der Waals surface area contributed by atoms with Crippen LogP contribution in [0.5, 0.6) is 0 Å². The standard InChI is InChI=1S/C37H24N2O/c1-2-9-27(10-3-1)30-13-8-14-33-36(30)40-37(38-33)28-19-17-25(18-20-28)26-21-23-29(24-22-26)39-34-15-6-4-11-31(34)32-12-5-7-16-35(32)39/h1-24H. The van der Waals surface area contributed by atoms with Gasteiger partial charge in [0, 0.05) is 27.6 Å². The van der Waals surface area contributed by atoms with E-state index in [9.17, 15) is 0 Å². The number of hydrogen-bond donors (Lipinski definition) is 0. The van der Waals surface area contributed by atoms with Gasteiger partial charge < -0.3 is 8.98 Å². The quantitative estimate of drug-likeness (QED) is 0.235. The minimum absolute atomic E-state index is 0.631. The Morgan fingerprint density at radius 2 is 1.02 bits per heavy atom. The lowest BCUT2D eigenvalue weighted by atomic mass is 10.0. The monoisotopic (exact) mass is 512 g/mol. The molecule has 3 nitrogen and oxygen atoms in total. The number of rotatable bonds is 4. The summed E-state index contributed by atoms with van der Waals surface area (Å²) in [6, 6.07) is 50.8. The Hall–Kier alpha value is -5.41. The summed E-state index contributed by atoms with van der Waals surface area (Å²) in [7, 11) is 0. The number of oxazole rings is 1. The van der Waals surface area contributed by atoms with Crippen molar-refractivity contribution in [2.45, 2.75) is 0 Å². The van der Waals surface area contributed by atoms with Crippen LogP contribution in [0, 0.1) is 0 Å². The number of para-hydroxylation sites is 3. The topological polar surface area (TPSA) is 31.0 Å². The van der Waals surface area contributed by atoms with Crippen LogP contribution >= 0.6 is 0 Å². The van der Waals surface area contributed by atoms with Crippen LogP contribution in [-0.4, -0.2) is 9.55 Å². The van der Waals surface area contributed by atoms with Crippen molar-refractivity contribution in [3.05, 3.63) is 146 Å². The van der Waals surface area contributed by atoms with Gasteiger partial charge in [-0.2, -0.15) is 0 Å². The first kappa shape index (κ1) is 22.6. The molecule has 2 aromatic heterocycles. The molecule has 8 rings (SSSR count). The van der Waals surface area contributed by atoms with Gasteiger partial charge in [0.25, 0.3) is 0 Å². The third kappa shape index (κ3) is 3.63. The number of aromatic nitrogens is 2. The van der Waals surface area contributed by atoms with Gasteiger partial charge >= 0.3 is 0 Å². The minimum Gasteiger partial charge on any atom is -0.435 e. The molecule has 6 aromatic carbocycles. The van der Waals surface area contributed by atoms with Crippen LogP contribution in [0.25, 0.3) is 72.3 Å². The second-order valence-electron chi connectivity index (χ2n) is 10.0. The molecule has 0 amide bonds. The summed E-state index contributed by atoms with van der Waals surface area (Å²) >= 11 is 0. The zero-order valence-electron chi connectivity index (χ0n) is 21.7. The molecule has 0 saturated carbocycles. The van der Waals surface area contributed by atoms with Gasteiger partial charge in [0.2, 0.25) is 5.89 Å². The number of benzene rings is 6. The van der Waals surface area contributed by atoms with Gasteiger partial charge in [-0.05, 0) is 59.2 Å². The summed E-state index contributed by atoms with van der Waals surface area (Å²) in [5.41, 5.74) is 10.7.